The van der Waals surface area contributed by atoms with Gasteiger partial charge in [-0.1, -0.05) is 12.1 Å². The van der Waals surface area contributed by atoms with Crippen molar-refractivity contribution in [2.45, 2.75) is 5.75 Å². The second kappa shape index (κ2) is 3.33. The normalized spacial score (nSPS) is 14.4. The molecule has 0 aromatic heterocycles. The standard InChI is InChI=1S/C8H7ClO4S/c9-14(10,11)4-6-2-1-3-7-8(6)13-5-12-7/h1-3H,4-5H2. The first-order chi connectivity index (χ1) is 6.56. The number of fused-ring (bicyclic) bond motifs is 1. The molecule has 14 heavy (non-hydrogen) atoms. The lowest BCUT2D eigenvalue weighted by Crippen LogP contribution is -1.98. The number of hydrogen-bond acceptors (Lipinski definition) is 4. The summed E-state index contributed by atoms with van der Waals surface area (Å²) in [5.74, 6) is 0.778. The molecule has 2 rings (SSSR count). The highest BCUT2D eigenvalue weighted by Gasteiger charge is 2.20. The maximum absolute atomic E-state index is 10.9. The Morgan fingerprint density at radius 3 is 2.86 bits per heavy atom. The highest BCUT2D eigenvalue weighted by atomic mass is 35.7. The van der Waals surface area contributed by atoms with Crippen molar-refractivity contribution in [3.63, 3.8) is 0 Å². The Morgan fingerprint density at radius 1 is 1.36 bits per heavy atom. The minimum absolute atomic E-state index is 0.120. The molecule has 0 radical (unpaired) electrons. The molecule has 0 N–H and O–H groups in total. The first-order valence-corrected chi connectivity index (χ1v) is 6.34. The molecule has 6 heteroatoms. The SMILES string of the molecule is O=S(=O)(Cl)Cc1cccc2c1OCO2. The van der Waals surface area contributed by atoms with Gasteiger partial charge in [-0.05, 0) is 6.07 Å². The molecular formula is C8H7ClO4S. The molecule has 0 unspecified atom stereocenters. The third kappa shape index (κ3) is 1.93. The molecule has 0 fully saturated rings. The van der Waals surface area contributed by atoms with Crippen LogP contribution in [0, 0.1) is 0 Å². The van der Waals surface area contributed by atoms with Crippen molar-refractivity contribution in [2.24, 2.45) is 0 Å². The third-order valence-electron chi connectivity index (χ3n) is 1.81. The monoisotopic (exact) mass is 234 g/mol. The van der Waals surface area contributed by atoms with Crippen LogP contribution in [-0.4, -0.2) is 15.2 Å². The summed E-state index contributed by atoms with van der Waals surface area (Å²) < 4.78 is 32.0. The van der Waals surface area contributed by atoms with E-state index in [4.69, 9.17) is 20.2 Å². The van der Waals surface area contributed by atoms with Gasteiger partial charge in [-0.25, -0.2) is 8.42 Å². The van der Waals surface area contributed by atoms with E-state index in [-0.39, 0.29) is 12.5 Å². The Bertz CT molecular complexity index is 454. The summed E-state index contributed by atoms with van der Waals surface area (Å²) in [7, 11) is 1.58. The predicted molar refractivity (Wildman–Crippen MR) is 51.0 cm³/mol. The zero-order valence-electron chi connectivity index (χ0n) is 7.07. The zero-order valence-corrected chi connectivity index (χ0v) is 8.64. The zero-order chi connectivity index (χ0) is 10.2. The maximum atomic E-state index is 10.9. The molecule has 1 aromatic rings. The summed E-state index contributed by atoms with van der Waals surface area (Å²) in [5, 5.41) is 0. The molecule has 1 aliphatic heterocycles. The summed E-state index contributed by atoms with van der Waals surface area (Å²) in [5.41, 5.74) is 0.523. The van der Waals surface area contributed by atoms with Crippen LogP contribution in [0.5, 0.6) is 11.5 Å². The molecule has 0 atom stereocenters. The lowest BCUT2D eigenvalue weighted by atomic mass is 10.2. The molecule has 4 nitrogen and oxygen atoms in total. The summed E-state index contributed by atoms with van der Waals surface area (Å²) in [4.78, 5) is 0. The van der Waals surface area contributed by atoms with Crippen LogP contribution < -0.4 is 9.47 Å². The smallest absolute Gasteiger partial charge is 0.236 e. The minimum atomic E-state index is -3.56. The van der Waals surface area contributed by atoms with Crippen LogP contribution in [-0.2, 0) is 14.8 Å². The van der Waals surface area contributed by atoms with E-state index in [1.165, 1.54) is 0 Å². The Hall–Kier alpha value is -0.940. The fraction of sp³-hybridized carbons (Fsp3) is 0.250. The van der Waals surface area contributed by atoms with Crippen molar-refractivity contribution in [1.29, 1.82) is 0 Å². The van der Waals surface area contributed by atoms with E-state index >= 15 is 0 Å². The third-order valence-corrected chi connectivity index (χ3v) is 2.79. The van der Waals surface area contributed by atoms with Gasteiger partial charge in [-0.2, -0.15) is 0 Å². The number of halogens is 1. The highest BCUT2D eigenvalue weighted by Crippen LogP contribution is 2.36. The molecule has 0 saturated carbocycles. The summed E-state index contributed by atoms with van der Waals surface area (Å²) in [6.07, 6.45) is 0. The van der Waals surface area contributed by atoms with Crippen LogP contribution in [0.4, 0.5) is 0 Å². The van der Waals surface area contributed by atoms with Crippen LogP contribution in [0.25, 0.3) is 0 Å². The van der Waals surface area contributed by atoms with Crippen molar-refractivity contribution in [3.8, 4) is 11.5 Å². The van der Waals surface area contributed by atoms with Crippen molar-refractivity contribution in [3.05, 3.63) is 23.8 Å². The van der Waals surface area contributed by atoms with Crippen molar-refractivity contribution >= 4 is 19.7 Å². The van der Waals surface area contributed by atoms with Crippen molar-refractivity contribution < 1.29 is 17.9 Å². The second-order valence-corrected chi connectivity index (χ2v) is 5.61. The average molecular weight is 235 g/mol. The van der Waals surface area contributed by atoms with Crippen LogP contribution in [0.3, 0.4) is 0 Å². The Kier molecular flexibility index (Phi) is 2.28. The Labute approximate surface area is 85.8 Å². The van der Waals surface area contributed by atoms with Gasteiger partial charge in [-0.15, -0.1) is 0 Å². The molecule has 1 heterocycles. The van der Waals surface area contributed by atoms with Gasteiger partial charge in [0.1, 0.15) is 0 Å². The van der Waals surface area contributed by atoms with Gasteiger partial charge in [0.05, 0.1) is 5.75 Å². The van der Waals surface area contributed by atoms with Crippen molar-refractivity contribution in [1.82, 2.24) is 0 Å². The fourth-order valence-corrected chi connectivity index (χ4v) is 2.24. The van der Waals surface area contributed by atoms with E-state index < -0.39 is 9.05 Å². The number of hydrogen-bond donors (Lipinski definition) is 0. The second-order valence-electron chi connectivity index (χ2n) is 2.83. The van der Waals surface area contributed by atoms with Crippen LogP contribution in [0.1, 0.15) is 5.56 Å². The Morgan fingerprint density at radius 2 is 2.14 bits per heavy atom. The van der Waals surface area contributed by atoms with Gasteiger partial charge >= 0.3 is 0 Å². The molecule has 0 aliphatic carbocycles. The van der Waals surface area contributed by atoms with Gasteiger partial charge in [-0.3, -0.25) is 0 Å². The number of benzene rings is 1. The molecule has 1 aromatic carbocycles. The van der Waals surface area contributed by atoms with E-state index in [2.05, 4.69) is 0 Å². The summed E-state index contributed by atoms with van der Waals surface area (Å²) >= 11 is 0. The summed E-state index contributed by atoms with van der Waals surface area (Å²) in [6.45, 7) is 0.120. The first-order valence-electron chi connectivity index (χ1n) is 3.86. The fourth-order valence-electron chi connectivity index (χ4n) is 1.29. The molecule has 0 bridgehead atoms. The van der Waals surface area contributed by atoms with Crippen LogP contribution in [0.2, 0.25) is 0 Å². The summed E-state index contributed by atoms with van der Waals surface area (Å²) in [6, 6.07) is 5.06. The average Bonchev–Trinajstić information content (AvgIpc) is 2.49. The van der Waals surface area contributed by atoms with Gasteiger partial charge < -0.3 is 9.47 Å². The van der Waals surface area contributed by atoms with Gasteiger partial charge in [0, 0.05) is 16.2 Å². The lowest BCUT2D eigenvalue weighted by molar-refractivity contribution is 0.173. The van der Waals surface area contributed by atoms with E-state index in [0.717, 1.165) is 0 Å². The topological polar surface area (TPSA) is 52.6 Å². The number of para-hydroxylation sites is 1. The molecule has 0 saturated heterocycles. The van der Waals surface area contributed by atoms with Gasteiger partial charge in [0.15, 0.2) is 11.5 Å². The molecule has 0 amide bonds. The predicted octanol–water partition coefficient (Wildman–Crippen LogP) is 1.48. The maximum Gasteiger partial charge on any atom is 0.236 e. The highest BCUT2D eigenvalue weighted by molar-refractivity contribution is 8.13. The number of rotatable bonds is 2. The molecular weight excluding hydrogens is 228 g/mol. The molecule has 0 spiro atoms. The molecule has 1 aliphatic rings. The van der Waals surface area contributed by atoms with Crippen molar-refractivity contribution in [2.75, 3.05) is 6.79 Å². The minimum Gasteiger partial charge on any atom is -0.454 e. The molecule has 76 valence electrons. The Balaban J connectivity index is 2.40. The van der Waals surface area contributed by atoms with E-state index in [1.54, 1.807) is 18.2 Å². The van der Waals surface area contributed by atoms with Gasteiger partial charge in [0.2, 0.25) is 15.8 Å². The lowest BCUT2D eigenvalue weighted by Gasteiger charge is -2.02. The van der Waals surface area contributed by atoms with Crippen LogP contribution in [0.15, 0.2) is 18.2 Å². The largest absolute Gasteiger partial charge is 0.454 e. The van der Waals surface area contributed by atoms with Crippen LogP contribution >= 0.6 is 10.7 Å². The first kappa shape index (κ1) is 9.61. The van der Waals surface area contributed by atoms with E-state index in [0.29, 0.717) is 17.1 Å². The van der Waals surface area contributed by atoms with E-state index in [1.807, 2.05) is 0 Å². The van der Waals surface area contributed by atoms with Gasteiger partial charge in [0.25, 0.3) is 0 Å². The number of ether oxygens (including phenoxy) is 2. The van der Waals surface area contributed by atoms with E-state index in [9.17, 15) is 8.42 Å². The quantitative estimate of drug-likeness (QED) is 0.728.